The number of aryl methyl sites for hydroxylation is 1. The van der Waals surface area contributed by atoms with Gasteiger partial charge in [-0.1, -0.05) is 0 Å². The molecule has 1 aromatic rings. The Bertz CT molecular complexity index is 471. The maximum atomic E-state index is 11.0. The van der Waals surface area contributed by atoms with Crippen LogP contribution in [0.25, 0.3) is 0 Å². The van der Waals surface area contributed by atoms with Crippen LogP contribution >= 0.6 is 0 Å². The van der Waals surface area contributed by atoms with E-state index < -0.39 is 4.92 Å². The Morgan fingerprint density at radius 2 is 2.05 bits per heavy atom. The number of nitrogen functional groups attached to an aromatic ring is 1. The van der Waals surface area contributed by atoms with Crippen molar-refractivity contribution in [2.24, 2.45) is 5.84 Å². The summed E-state index contributed by atoms with van der Waals surface area (Å²) in [7, 11) is 1.59. The van der Waals surface area contributed by atoms with E-state index in [4.69, 9.17) is 20.1 Å². The predicted molar refractivity (Wildman–Crippen MR) is 74.0 cm³/mol. The molecule has 0 spiro atoms. The standard InChI is InChI=1S/C11H19N5O5/c1-8-9(16(17)18)10(14-11(13-8)15-12)21-5-3-4-20-7-6-19-2/h3-7,12H2,1-2H3,(H,13,14,15). The molecule has 0 aliphatic rings. The first-order valence-corrected chi connectivity index (χ1v) is 6.29. The lowest BCUT2D eigenvalue weighted by Crippen LogP contribution is -2.14. The van der Waals surface area contributed by atoms with Crippen LogP contribution in [0.4, 0.5) is 11.6 Å². The third-order valence-corrected chi connectivity index (χ3v) is 2.44. The zero-order chi connectivity index (χ0) is 15.7. The number of ether oxygens (including phenoxy) is 3. The molecule has 0 aromatic carbocycles. The molecular weight excluding hydrogens is 282 g/mol. The number of hydrogen-bond donors (Lipinski definition) is 2. The van der Waals surface area contributed by atoms with Gasteiger partial charge in [0, 0.05) is 20.1 Å². The van der Waals surface area contributed by atoms with Crippen molar-refractivity contribution in [1.29, 1.82) is 0 Å². The zero-order valence-electron chi connectivity index (χ0n) is 12.0. The molecule has 0 radical (unpaired) electrons. The molecule has 3 N–H and O–H groups in total. The summed E-state index contributed by atoms with van der Waals surface area (Å²) in [5, 5.41) is 11.0. The molecule has 21 heavy (non-hydrogen) atoms. The normalized spacial score (nSPS) is 10.4. The molecule has 118 valence electrons. The predicted octanol–water partition coefficient (Wildman–Crippen LogP) is 0.411. The number of hydrazine groups is 1. The van der Waals surface area contributed by atoms with E-state index in [9.17, 15) is 10.1 Å². The highest BCUT2D eigenvalue weighted by atomic mass is 16.6. The molecule has 1 heterocycles. The number of nitrogens with two attached hydrogens (primary N) is 1. The van der Waals surface area contributed by atoms with Crippen molar-refractivity contribution in [2.75, 3.05) is 39.0 Å². The molecule has 10 nitrogen and oxygen atoms in total. The maximum Gasteiger partial charge on any atom is 0.352 e. The Hall–Kier alpha value is -2.04. The zero-order valence-corrected chi connectivity index (χ0v) is 12.0. The monoisotopic (exact) mass is 301 g/mol. The average Bonchev–Trinajstić information content (AvgIpc) is 2.45. The van der Waals surface area contributed by atoms with Crippen molar-refractivity contribution < 1.29 is 19.1 Å². The van der Waals surface area contributed by atoms with E-state index in [0.717, 1.165) is 0 Å². The van der Waals surface area contributed by atoms with Gasteiger partial charge in [-0.3, -0.25) is 15.5 Å². The second kappa shape index (κ2) is 9.00. The SMILES string of the molecule is COCCOCCCOc1nc(NN)nc(C)c1[N+](=O)[O-]. The van der Waals surface area contributed by atoms with Crippen molar-refractivity contribution in [3.63, 3.8) is 0 Å². The fourth-order valence-electron chi connectivity index (χ4n) is 1.49. The van der Waals surface area contributed by atoms with E-state index in [1.54, 1.807) is 7.11 Å². The Morgan fingerprint density at radius 1 is 1.29 bits per heavy atom. The van der Waals surface area contributed by atoms with Crippen LogP contribution in [0.2, 0.25) is 0 Å². The highest BCUT2D eigenvalue weighted by Gasteiger charge is 2.23. The van der Waals surface area contributed by atoms with Gasteiger partial charge < -0.3 is 14.2 Å². The number of anilines is 1. The van der Waals surface area contributed by atoms with Crippen LogP contribution in [-0.4, -0.2) is 48.4 Å². The largest absolute Gasteiger partial charge is 0.473 e. The van der Waals surface area contributed by atoms with Gasteiger partial charge in [0.05, 0.1) is 24.7 Å². The van der Waals surface area contributed by atoms with Gasteiger partial charge in [0.25, 0.3) is 5.88 Å². The van der Waals surface area contributed by atoms with Crippen molar-refractivity contribution in [2.45, 2.75) is 13.3 Å². The quantitative estimate of drug-likeness (QED) is 0.272. The highest BCUT2D eigenvalue weighted by molar-refractivity contribution is 5.48. The van der Waals surface area contributed by atoms with E-state index >= 15 is 0 Å². The number of methoxy groups -OCH3 is 1. The molecule has 1 aromatic heterocycles. The fraction of sp³-hybridized carbons (Fsp3) is 0.636. The van der Waals surface area contributed by atoms with E-state index in [1.165, 1.54) is 6.92 Å². The van der Waals surface area contributed by atoms with Crippen molar-refractivity contribution in [3.8, 4) is 5.88 Å². The second-order valence-electron chi connectivity index (χ2n) is 4.00. The van der Waals surface area contributed by atoms with Gasteiger partial charge >= 0.3 is 5.69 Å². The van der Waals surface area contributed by atoms with Crippen LogP contribution in [0.3, 0.4) is 0 Å². The Labute approximate surface area is 121 Å². The molecule has 0 atom stereocenters. The number of nitro groups is 1. The summed E-state index contributed by atoms with van der Waals surface area (Å²) >= 11 is 0. The van der Waals surface area contributed by atoms with Crippen molar-refractivity contribution in [3.05, 3.63) is 15.8 Å². The van der Waals surface area contributed by atoms with Crippen LogP contribution < -0.4 is 16.0 Å². The lowest BCUT2D eigenvalue weighted by molar-refractivity contribution is -0.387. The molecule has 10 heteroatoms. The molecule has 0 aliphatic heterocycles. The van der Waals surface area contributed by atoms with Crippen LogP contribution in [-0.2, 0) is 9.47 Å². The third-order valence-electron chi connectivity index (χ3n) is 2.44. The summed E-state index contributed by atoms with van der Waals surface area (Å²) in [5.74, 6) is 5.15. The minimum absolute atomic E-state index is 0.0597. The average molecular weight is 301 g/mol. The van der Waals surface area contributed by atoms with Gasteiger partial charge in [-0.15, -0.1) is 0 Å². The molecular formula is C11H19N5O5. The lowest BCUT2D eigenvalue weighted by Gasteiger charge is -2.09. The summed E-state index contributed by atoms with van der Waals surface area (Å²) < 4.78 is 15.4. The van der Waals surface area contributed by atoms with Crippen molar-refractivity contribution in [1.82, 2.24) is 9.97 Å². The number of aromatic nitrogens is 2. The maximum absolute atomic E-state index is 11.0. The topological polar surface area (TPSA) is 135 Å². The first-order valence-electron chi connectivity index (χ1n) is 6.29. The number of nitrogens with one attached hydrogen (secondary N) is 1. The van der Waals surface area contributed by atoms with E-state index in [0.29, 0.717) is 26.2 Å². The summed E-state index contributed by atoms with van der Waals surface area (Å²) in [6, 6.07) is 0. The fourth-order valence-corrected chi connectivity index (χ4v) is 1.49. The Kier molecular flexibility index (Phi) is 7.29. The summed E-state index contributed by atoms with van der Waals surface area (Å²) in [6.07, 6.45) is 0.565. The summed E-state index contributed by atoms with van der Waals surface area (Å²) in [4.78, 5) is 18.1. The van der Waals surface area contributed by atoms with E-state index in [-0.39, 0.29) is 29.8 Å². The van der Waals surface area contributed by atoms with Crippen LogP contribution in [0.15, 0.2) is 0 Å². The molecule has 0 unspecified atom stereocenters. The van der Waals surface area contributed by atoms with Gasteiger partial charge in [-0.2, -0.15) is 4.98 Å². The molecule has 0 fully saturated rings. The minimum Gasteiger partial charge on any atom is -0.473 e. The van der Waals surface area contributed by atoms with Crippen LogP contribution in [0, 0.1) is 17.0 Å². The highest BCUT2D eigenvalue weighted by Crippen LogP contribution is 2.28. The van der Waals surface area contributed by atoms with Crippen LogP contribution in [0.5, 0.6) is 5.88 Å². The minimum atomic E-state index is -0.583. The first-order chi connectivity index (χ1) is 10.1. The van der Waals surface area contributed by atoms with E-state index in [2.05, 4.69) is 15.4 Å². The number of hydrogen-bond acceptors (Lipinski definition) is 9. The molecule has 0 saturated carbocycles. The molecule has 0 aliphatic carbocycles. The third kappa shape index (κ3) is 5.45. The summed E-state index contributed by atoms with van der Waals surface area (Å²) in [5.41, 5.74) is 2.14. The van der Waals surface area contributed by atoms with Crippen molar-refractivity contribution >= 4 is 11.6 Å². The van der Waals surface area contributed by atoms with Gasteiger partial charge in [-0.25, -0.2) is 10.8 Å². The Balaban J connectivity index is 2.56. The van der Waals surface area contributed by atoms with Gasteiger partial charge in [0.2, 0.25) is 5.95 Å². The van der Waals surface area contributed by atoms with Gasteiger partial charge in [0.1, 0.15) is 5.69 Å². The lowest BCUT2D eigenvalue weighted by atomic mass is 10.3. The first kappa shape index (κ1) is 17.0. The second-order valence-corrected chi connectivity index (χ2v) is 4.00. The molecule has 0 bridgehead atoms. The summed E-state index contributed by atoms with van der Waals surface area (Å²) in [6.45, 7) is 3.19. The molecule has 0 amide bonds. The smallest absolute Gasteiger partial charge is 0.352 e. The number of rotatable bonds is 10. The Morgan fingerprint density at radius 3 is 2.67 bits per heavy atom. The molecule has 0 saturated heterocycles. The van der Waals surface area contributed by atoms with E-state index in [1.807, 2.05) is 0 Å². The molecule has 1 rings (SSSR count). The van der Waals surface area contributed by atoms with Crippen LogP contribution in [0.1, 0.15) is 12.1 Å². The van der Waals surface area contributed by atoms with Gasteiger partial charge in [-0.05, 0) is 6.92 Å². The van der Waals surface area contributed by atoms with Gasteiger partial charge in [0.15, 0.2) is 0 Å². The number of nitrogens with zero attached hydrogens (tertiary/aromatic N) is 3.